The predicted octanol–water partition coefficient (Wildman–Crippen LogP) is 2.15. The number of nitrogens with one attached hydrogen (secondary N) is 1. The van der Waals surface area contributed by atoms with E-state index in [9.17, 15) is 9.90 Å². The summed E-state index contributed by atoms with van der Waals surface area (Å²) >= 11 is 11.6. The van der Waals surface area contributed by atoms with Crippen LogP contribution < -0.4 is 5.32 Å². The van der Waals surface area contributed by atoms with Gasteiger partial charge in [0.1, 0.15) is 0 Å². The third-order valence-corrected chi connectivity index (χ3v) is 2.75. The van der Waals surface area contributed by atoms with E-state index in [1.165, 1.54) is 13.0 Å². The number of hydrogen-bond donors (Lipinski definition) is 2. The molecule has 3 nitrogen and oxygen atoms in total. The second kappa shape index (κ2) is 2.86. The number of amides is 1. The summed E-state index contributed by atoms with van der Waals surface area (Å²) in [5, 5.41) is 13.1. The molecule has 0 fully saturated rings. The zero-order valence-corrected chi connectivity index (χ0v) is 8.78. The second-order valence-corrected chi connectivity index (χ2v) is 4.18. The summed E-state index contributed by atoms with van der Waals surface area (Å²) in [5.41, 5.74) is -0.720. The first kappa shape index (κ1) is 9.77. The molecule has 1 aromatic rings. The molecule has 0 spiro atoms. The highest BCUT2D eigenvalue weighted by molar-refractivity contribution is 6.36. The fourth-order valence-electron chi connectivity index (χ4n) is 1.52. The van der Waals surface area contributed by atoms with E-state index in [2.05, 4.69) is 5.32 Å². The van der Waals surface area contributed by atoms with Crippen LogP contribution in [0.1, 0.15) is 12.5 Å². The van der Waals surface area contributed by atoms with E-state index >= 15 is 0 Å². The number of rotatable bonds is 0. The molecule has 0 aliphatic carbocycles. The van der Waals surface area contributed by atoms with Gasteiger partial charge in [-0.25, -0.2) is 0 Å². The Morgan fingerprint density at radius 2 is 2.07 bits per heavy atom. The lowest BCUT2D eigenvalue weighted by Gasteiger charge is -2.15. The molecule has 14 heavy (non-hydrogen) atoms. The van der Waals surface area contributed by atoms with E-state index in [1.807, 2.05) is 0 Å². The van der Waals surface area contributed by atoms with Crippen LogP contribution in [0.4, 0.5) is 5.69 Å². The minimum absolute atomic E-state index is 0.288. The first-order valence-electron chi connectivity index (χ1n) is 3.96. The molecule has 1 amide bonds. The van der Waals surface area contributed by atoms with Crippen LogP contribution in [-0.2, 0) is 10.4 Å². The van der Waals surface area contributed by atoms with Crippen LogP contribution in [-0.4, -0.2) is 11.0 Å². The normalized spacial score (nSPS) is 24.7. The number of hydrogen-bond acceptors (Lipinski definition) is 2. The zero-order valence-electron chi connectivity index (χ0n) is 7.27. The van der Waals surface area contributed by atoms with Gasteiger partial charge in [0.15, 0.2) is 5.60 Å². The Balaban J connectivity index is 2.71. The largest absolute Gasteiger partial charge is 0.375 e. The molecule has 1 aliphatic rings. The van der Waals surface area contributed by atoms with Gasteiger partial charge in [-0.05, 0) is 19.1 Å². The molecule has 5 heteroatoms. The Hall–Kier alpha value is -0.770. The summed E-state index contributed by atoms with van der Waals surface area (Å²) in [6, 6.07) is 3.05. The fraction of sp³-hybridized carbons (Fsp3) is 0.222. The highest BCUT2D eigenvalue weighted by Crippen LogP contribution is 2.41. The SMILES string of the molecule is CC1(O)C(=O)Nc2cc(Cl)cc(Cl)c21. The van der Waals surface area contributed by atoms with Gasteiger partial charge in [-0.1, -0.05) is 23.2 Å². The molecule has 0 radical (unpaired) electrons. The third-order valence-electron chi connectivity index (χ3n) is 2.23. The van der Waals surface area contributed by atoms with Crippen molar-refractivity contribution in [3.8, 4) is 0 Å². The van der Waals surface area contributed by atoms with Crippen LogP contribution in [0.15, 0.2) is 12.1 Å². The highest BCUT2D eigenvalue weighted by Gasteiger charge is 2.42. The van der Waals surface area contributed by atoms with Gasteiger partial charge in [0.2, 0.25) is 0 Å². The van der Waals surface area contributed by atoms with Gasteiger partial charge in [0.25, 0.3) is 5.91 Å². The number of carbonyl (C=O) groups excluding carboxylic acids is 1. The lowest BCUT2D eigenvalue weighted by Crippen LogP contribution is -2.30. The number of aliphatic hydroxyl groups is 1. The van der Waals surface area contributed by atoms with Gasteiger partial charge in [-0.2, -0.15) is 0 Å². The third kappa shape index (κ3) is 1.21. The van der Waals surface area contributed by atoms with Crippen LogP contribution >= 0.6 is 23.2 Å². The number of fused-ring (bicyclic) bond motifs is 1. The molecule has 1 unspecified atom stereocenters. The second-order valence-electron chi connectivity index (χ2n) is 3.34. The molecule has 1 atom stereocenters. The number of halogens is 2. The topological polar surface area (TPSA) is 49.3 Å². The Bertz CT molecular complexity index is 429. The van der Waals surface area contributed by atoms with Gasteiger partial charge in [-0.3, -0.25) is 4.79 Å². The zero-order chi connectivity index (χ0) is 10.5. The molecular weight excluding hydrogens is 225 g/mol. The first-order valence-corrected chi connectivity index (χ1v) is 4.72. The van der Waals surface area contributed by atoms with E-state index in [4.69, 9.17) is 23.2 Å². The first-order chi connectivity index (χ1) is 6.43. The van der Waals surface area contributed by atoms with E-state index in [-0.39, 0.29) is 5.02 Å². The Kier molecular flexibility index (Phi) is 2.00. The van der Waals surface area contributed by atoms with Crippen molar-refractivity contribution < 1.29 is 9.90 Å². The smallest absolute Gasteiger partial charge is 0.260 e. The quantitative estimate of drug-likeness (QED) is 0.719. The lowest BCUT2D eigenvalue weighted by atomic mass is 9.98. The molecule has 0 aromatic heterocycles. The van der Waals surface area contributed by atoms with Gasteiger partial charge in [0.05, 0.1) is 10.7 Å². The van der Waals surface area contributed by atoms with Gasteiger partial charge in [0, 0.05) is 10.6 Å². The van der Waals surface area contributed by atoms with Crippen LogP contribution in [0.25, 0.3) is 0 Å². The van der Waals surface area contributed by atoms with E-state index < -0.39 is 11.5 Å². The standard InChI is InChI=1S/C9H7Cl2NO2/c1-9(14)7-5(11)2-4(10)3-6(7)12-8(9)13/h2-3,14H,1H3,(H,12,13). The summed E-state index contributed by atoms with van der Waals surface area (Å²) in [7, 11) is 0. The minimum Gasteiger partial charge on any atom is -0.375 e. The number of anilines is 1. The van der Waals surface area contributed by atoms with E-state index in [1.54, 1.807) is 6.07 Å². The van der Waals surface area contributed by atoms with Crippen molar-refractivity contribution in [1.29, 1.82) is 0 Å². The maximum absolute atomic E-state index is 11.4. The molecule has 0 saturated carbocycles. The summed E-state index contributed by atoms with van der Waals surface area (Å²) in [5.74, 6) is -0.489. The summed E-state index contributed by atoms with van der Waals surface area (Å²) < 4.78 is 0. The maximum atomic E-state index is 11.4. The van der Waals surface area contributed by atoms with Gasteiger partial charge >= 0.3 is 0 Å². The van der Waals surface area contributed by atoms with Gasteiger partial charge in [-0.15, -0.1) is 0 Å². The molecule has 0 saturated heterocycles. The monoisotopic (exact) mass is 231 g/mol. The maximum Gasteiger partial charge on any atom is 0.260 e. The van der Waals surface area contributed by atoms with E-state index in [0.717, 1.165) is 0 Å². The van der Waals surface area contributed by atoms with Crippen molar-refractivity contribution >= 4 is 34.8 Å². The summed E-state index contributed by atoms with van der Waals surface area (Å²) in [6.45, 7) is 1.40. The molecular formula is C9H7Cl2NO2. The van der Waals surface area contributed by atoms with Crippen LogP contribution in [0.2, 0.25) is 10.0 Å². The minimum atomic E-state index is -1.57. The van der Waals surface area contributed by atoms with Crippen molar-refractivity contribution in [2.75, 3.05) is 5.32 Å². The molecule has 2 rings (SSSR count). The number of carbonyl (C=O) groups is 1. The molecule has 1 aliphatic heterocycles. The van der Waals surface area contributed by atoms with Gasteiger partial charge < -0.3 is 10.4 Å². The van der Waals surface area contributed by atoms with Crippen molar-refractivity contribution in [2.45, 2.75) is 12.5 Å². The van der Waals surface area contributed by atoms with Crippen molar-refractivity contribution in [3.05, 3.63) is 27.7 Å². The summed E-state index contributed by atoms with van der Waals surface area (Å²) in [6.07, 6.45) is 0. The van der Waals surface area contributed by atoms with Crippen LogP contribution in [0, 0.1) is 0 Å². The lowest BCUT2D eigenvalue weighted by molar-refractivity contribution is -0.131. The van der Waals surface area contributed by atoms with Crippen LogP contribution in [0.3, 0.4) is 0 Å². The molecule has 1 aromatic carbocycles. The molecule has 74 valence electrons. The predicted molar refractivity (Wildman–Crippen MR) is 54.7 cm³/mol. The van der Waals surface area contributed by atoms with E-state index in [0.29, 0.717) is 16.3 Å². The average molecular weight is 232 g/mol. The number of benzene rings is 1. The Morgan fingerprint density at radius 3 is 2.71 bits per heavy atom. The van der Waals surface area contributed by atoms with Crippen LogP contribution in [0.5, 0.6) is 0 Å². The molecule has 0 bridgehead atoms. The average Bonchev–Trinajstić information content (AvgIpc) is 2.21. The summed E-state index contributed by atoms with van der Waals surface area (Å²) in [4.78, 5) is 11.4. The molecule has 2 N–H and O–H groups in total. The molecule has 1 heterocycles. The van der Waals surface area contributed by atoms with Crippen molar-refractivity contribution in [1.82, 2.24) is 0 Å². The highest BCUT2D eigenvalue weighted by atomic mass is 35.5. The Labute approximate surface area is 90.6 Å². The van der Waals surface area contributed by atoms with Crippen molar-refractivity contribution in [3.63, 3.8) is 0 Å². The Morgan fingerprint density at radius 1 is 1.43 bits per heavy atom. The fourth-order valence-corrected chi connectivity index (χ4v) is 2.20. The van der Waals surface area contributed by atoms with Crippen molar-refractivity contribution in [2.24, 2.45) is 0 Å².